The van der Waals surface area contributed by atoms with E-state index in [0.717, 1.165) is 56.1 Å². The van der Waals surface area contributed by atoms with Gasteiger partial charge in [-0.3, -0.25) is 4.98 Å². The van der Waals surface area contributed by atoms with Gasteiger partial charge in [0.2, 0.25) is 0 Å². The second kappa shape index (κ2) is 5.51. The summed E-state index contributed by atoms with van der Waals surface area (Å²) < 4.78 is 1.98. The highest BCUT2D eigenvalue weighted by atomic mass is 15.4. The second-order valence-corrected chi connectivity index (χ2v) is 6.62. The molecule has 0 amide bonds. The molecule has 0 unspecified atom stereocenters. The zero-order valence-corrected chi connectivity index (χ0v) is 13.5. The first-order valence-electron chi connectivity index (χ1n) is 8.63. The summed E-state index contributed by atoms with van der Waals surface area (Å²) in [6, 6.07) is 2.17. The van der Waals surface area contributed by atoms with Crippen LogP contribution >= 0.6 is 0 Å². The highest BCUT2D eigenvalue weighted by molar-refractivity contribution is 5.43. The maximum atomic E-state index is 4.82. The van der Waals surface area contributed by atoms with Crippen LogP contribution in [0.1, 0.15) is 42.3 Å². The third kappa shape index (κ3) is 2.23. The number of anilines is 1. The Labute approximate surface area is 139 Å². The van der Waals surface area contributed by atoms with Crippen molar-refractivity contribution < 1.29 is 0 Å². The third-order valence-corrected chi connectivity index (χ3v) is 5.18. The molecule has 3 aromatic heterocycles. The Morgan fingerprint density at radius 3 is 2.79 bits per heavy atom. The van der Waals surface area contributed by atoms with Gasteiger partial charge in [0.05, 0.1) is 11.9 Å². The first-order chi connectivity index (χ1) is 11.9. The molecular weight excluding hydrogens is 302 g/mol. The molecule has 4 heterocycles. The quantitative estimate of drug-likeness (QED) is 0.716. The van der Waals surface area contributed by atoms with E-state index in [1.165, 1.54) is 17.7 Å². The molecule has 1 aliphatic heterocycles. The standard InChI is InChI=1S/C17H19N7/c1-2-13-10-15-20-21-17(24(15)22-14(13)3-1)12-4-8-23(9-5-12)16-11-18-6-7-19-16/h6-7,10-12H,1-5,8-9H2. The molecule has 7 nitrogen and oxygen atoms in total. The van der Waals surface area contributed by atoms with Crippen LogP contribution in [0.2, 0.25) is 0 Å². The van der Waals surface area contributed by atoms with Crippen molar-refractivity contribution in [2.75, 3.05) is 18.0 Å². The Bertz CT molecular complexity index is 865. The summed E-state index contributed by atoms with van der Waals surface area (Å²) in [4.78, 5) is 10.8. The fourth-order valence-electron chi connectivity index (χ4n) is 3.87. The molecule has 1 saturated heterocycles. The molecule has 0 saturated carbocycles. The maximum absolute atomic E-state index is 4.82. The zero-order chi connectivity index (χ0) is 15.9. The fraction of sp³-hybridized carbons (Fsp3) is 0.471. The average Bonchev–Trinajstić information content (AvgIpc) is 3.26. The van der Waals surface area contributed by atoms with Gasteiger partial charge in [0, 0.05) is 31.4 Å². The normalized spacial score (nSPS) is 18.2. The van der Waals surface area contributed by atoms with Gasteiger partial charge in [0.15, 0.2) is 11.5 Å². The smallest absolute Gasteiger partial charge is 0.178 e. The molecule has 0 aromatic carbocycles. The van der Waals surface area contributed by atoms with E-state index in [1.807, 2.05) is 10.7 Å². The van der Waals surface area contributed by atoms with Gasteiger partial charge in [-0.05, 0) is 43.7 Å². The SMILES string of the molecule is c1cnc(N2CCC(c3nnc4cc5c(nn34)CCC5)CC2)cn1. The number of hydrogen-bond acceptors (Lipinski definition) is 6. The second-order valence-electron chi connectivity index (χ2n) is 6.62. The summed E-state index contributed by atoms with van der Waals surface area (Å²) in [5, 5.41) is 13.6. The number of nitrogens with zero attached hydrogens (tertiary/aromatic N) is 7. The predicted octanol–water partition coefficient (Wildman–Crippen LogP) is 1.79. The number of rotatable bonds is 2. The van der Waals surface area contributed by atoms with E-state index in [1.54, 1.807) is 12.4 Å². The molecule has 0 bridgehead atoms. The summed E-state index contributed by atoms with van der Waals surface area (Å²) in [6.45, 7) is 1.92. The Balaban J connectivity index is 1.39. The van der Waals surface area contributed by atoms with Crippen molar-refractivity contribution in [3.8, 4) is 0 Å². The van der Waals surface area contributed by atoms with Crippen LogP contribution < -0.4 is 4.90 Å². The Kier molecular flexibility index (Phi) is 3.17. The van der Waals surface area contributed by atoms with Crippen molar-refractivity contribution in [3.05, 3.63) is 41.7 Å². The lowest BCUT2D eigenvalue weighted by atomic mass is 9.96. The molecule has 1 fully saturated rings. The van der Waals surface area contributed by atoms with Crippen molar-refractivity contribution >= 4 is 11.5 Å². The first-order valence-corrected chi connectivity index (χ1v) is 8.63. The van der Waals surface area contributed by atoms with E-state index in [9.17, 15) is 0 Å². The van der Waals surface area contributed by atoms with Crippen molar-refractivity contribution in [2.45, 2.75) is 38.0 Å². The lowest BCUT2D eigenvalue weighted by Gasteiger charge is -2.31. The van der Waals surface area contributed by atoms with E-state index in [4.69, 9.17) is 5.10 Å². The molecule has 3 aromatic rings. The number of fused-ring (bicyclic) bond motifs is 2. The van der Waals surface area contributed by atoms with Crippen LogP contribution in [0.4, 0.5) is 5.82 Å². The zero-order valence-electron chi connectivity index (χ0n) is 13.5. The van der Waals surface area contributed by atoms with Crippen molar-refractivity contribution in [1.82, 2.24) is 29.8 Å². The molecule has 24 heavy (non-hydrogen) atoms. The molecule has 1 aliphatic carbocycles. The predicted molar refractivity (Wildman–Crippen MR) is 89.0 cm³/mol. The van der Waals surface area contributed by atoms with E-state index in [-0.39, 0.29) is 0 Å². The molecule has 7 heteroatoms. The maximum Gasteiger partial charge on any atom is 0.178 e. The highest BCUT2D eigenvalue weighted by Gasteiger charge is 2.26. The van der Waals surface area contributed by atoms with Crippen LogP contribution in [0.5, 0.6) is 0 Å². The average molecular weight is 321 g/mol. The largest absolute Gasteiger partial charge is 0.355 e. The van der Waals surface area contributed by atoms with Crippen LogP contribution in [0.15, 0.2) is 24.7 Å². The Morgan fingerprint density at radius 1 is 1.04 bits per heavy atom. The van der Waals surface area contributed by atoms with E-state index in [2.05, 4.69) is 31.1 Å². The molecule has 0 atom stereocenters. The molecule has 122 valence electrons. The van der Waals surface area contributed by atoms with E-state index >= 15 is 0 Å². The van der Waals surface area contributed by atoms with Gasteiger partial charge in [-0.1, -0.05) is 0 Å². The molecular formula is C17H19N7. The molecule has 0 spiro atoms. The molecule has 0 N–H and O–H groups in total. The topological polar surface area (TPSA) is 72.1 Å². The lowest BCUT2D eigenvalue weighted by Crippen LogP contribution is -2.34. The van der Waals surface area contributed by atoms with Crippen LogP contribution in [-0.4, -0.2) is 42.9 Å². The summed E-state index contributed by atoms with van der Waals surface area (Å²) in [5.41, 5.74) is 3.46. The Morgan fingerprint density at radius 2 is 1.96 bits per heavy atom. The van der Waals surface area contributed by atoms with Gasteiger partial charge in [-0.25, -0.2) is 4.98 Å². The van der Waals surface area contributed by atoms with Gasteiger partial charge in [0.25, 0.3) is 0 Å². The summed E-state index contributed by atoms with van der Waals surface area (Å²) in [5.74, 6) is 2.37. The van der Waals surface area contributed by atoms with E-state index < -0.39 is 0 Å². The van der Waals surface area contributed by atoms with Gasteiger partial charge in [-0.15, -0.1) is 10.2 Å². The van der Waals surface area contributed by atoms with Crippen molar-refractivity contribution in [2.24, 2.45) is 0 Å². The molecule has 0 radical (unpaired) electrons. The summed E-state index contributed by atoms with van der Waals surface area (Å²) >= 11 is 0. The number of hydrogen-bond donors (Lipinski definition) is 0. The van der Waals surface area contributed by atoms with E-state index in [0.29, 0.717) is 5.92 Å². The lowest BCUT2D eigenvalue weighted by molar-refractivity contribution is 0.474. The minimum atomic E-state index is 0.403. The van der Waals surface area contributed by atoms with Crippen LogP contribution in [0.3, 0.4) is 0 Å². The van der Waals surface area contributed by atoms with Gasteiger partial charge >= 0.3 is 0 Å². The summed E-state index contributed by atoms with van der Waals surface area (Å²) in [6.07, 6.45) is 10.8. The number of aryl methyl sites for hydroxylation is 2. The van der Waals surface area contributed by atoms with Crippen LogP contribution in [0.25, 0.3) is 5.65 Å². The molecule has 5 rings (SSSR count). The van der Waals surface area contributed by atoms with Gasteiger partial charge in [-0.2, -0.15) is 9.61 Å². The number of aromatic nitrogens is 6. The van der Waals surface area contributed by atoms with Gasteiger partial charge in [0.1, 0.15) is 5.82 Å². The summed E-state index contributed by atoms with van der Waals surface area (Å²) in [7, 11) is 0. The van der Waals surface area contributed by atoms with Crippen molar-refractivity contribution in [1.29, 1.82) is 0 Å². The van der Waals surface area contributed by atoms with Crippen LogP contribution in [-0.2, 0) is 12.8 Å². The van der Waals surface area contributed by atoms with Crippen molar-refractivity contribution in [3.63, 3.8) is 0 Å². The monoisotopic (exact) mass is 321 g/mol. The van der Waals surface area contributed by atoms with Crippen LogP contribution in [0, 0.1) is 0 Å². The fourth-order valence-corrected chi connectivity index (χ4v) is 3.87. The molecule has 2 aliphatic rings. The highest BCUT2D eigenvalue weighted by Crippen LogP contribution is 2.29. The van der Waals surface area contributed by atoms with Gasteiger partial charge < -0.3 is 4.90 Å². The number of piperidine rings is 1. The minimum absolute atomic E-state index is 0.403. The minimum Gasteiger partial charge on any atom is -0.355 e. The third-order valence-electron chi connectivity index (χ3n) is 5.18. The first kappa shape index (κ1) is 13.8. The Hall–Kier alpha value is -2.57.